The maximum Gasteiger partial charge on any atom is 0.191 e. The van der Waals surface area contributed by atoms with Crippen LogP contribution in [0, 0.1) is 6.92 Å². The molecule has 0 radical (unpaired) electrons. The number of nitrogens with one attached hydrogen (secondary N) is 2. The summed E-state index contributed by atoms with van der Waals surface area (Å²) in [4.78, 5) is 10.6. The lowest BCUT2D eigenvalue weighted by atomic mass is 10.4. The van der Waals surface area contributed by atoms with Crippen LogP contribution in [0.2, 0.25) is 0 Å². The van der Waals surface area contributed by atoms with Crippen LogP contribution >= 0.6 is 11.8 Å². The second-order valence-corrected chi connectivity index (χ2v) is 7.08. The number of aromatic nitrogens is 2. The molecule has 3 aromatic rings. The van der Waals surface area contributed by atoms with Crippen molar-refractivity contribution in [3.63, 3.8) is 0 Å². The first-order valence-electron chi connectivity index (χ1n) is 8.90. The van der Waals surface area contributed by atoms with Crippen LogP contribution in [-0.2, 0) is 6.54 Å². The number of aliphatic imine (C=N–C) groups is 1. The minimum absolute atomic E-state index is 0.558. The lowest BCUT2D eigenvalue weighted by Crippen LogP contribution is -2.38. The number of nitrogens with zero attached hydrogens (tertiary/aromatic N) is 3. The molecular weight excluding hydrogens is 342 g/mol. The summed E-state index contributed by atoms with van der Waals surface area (Å²) in [6.07, 6.45) is 2.06. The molecule has 0 spiro atoms. The third kappa shape index (κ3) is 5.02. The zero-order chi connectivity index (χ0) is 18.2. The fourth-order valence-corrected chi connectivity index (χ4v) is 3.42. The Hall–Kier alpha value is -2.47. The van der Waals surface area contributed by atoms with Crippen LogP contribution in [0.1, 0.15) is 18.3 Å². The van der Waals surface area contributed by atoms with Gasteiger partial charge in [-0.25, -0.2) is 9.98 Å². The standard InChI is InChI=1S/C20H25N5S/c1-3-21-20(22-12-13-26-18-9-5-4-6-10-18)23-14-17-15-25-16(2)8-7-11-19(25)24-17/h4-11,15H,3,12-14H2,1-2H3,(H2,21,22,23). The number of fused-ring (bicyclic) bond motifs is 1. The predicted molar refractivity (Wildman–Crippen MR) is 110 cm³/mol. The summed E-state index contributed by atoms with van der Waals surface area (Å²) in [6, 6.07) is 16.6. The van der Waals surface area contributed by atoms with Gasteiger partial charge in [-0.1, -0.05) is 24.3 Å². The van der Waals surface area contributed by atoms with Gasteiger partial charge in [-0.05, 0) is 38.1 Å². The molecule has 0 unspecified atom stereocenters. The van der Waals surface area contributed by atoms with Crippen LogP contribution in [0.25, 0.3) is 5.65 Å². The highest BCUT2D eigenvalue weighted by molar-refractivity contribution is 7.99. The molecule has 136 valence electrons. The molecule has 0 atom stereocenters. The van der Waals surface area contributed by atoms with Crippen LogP contribution in [0.3, 0.4) is 0 Å². The topological polar surface area (TPSA) is 53.7 Å². The lowest BCUT2D eigenvalue weighted by molar-refractivity contribution is 0.839. The minimum Gasteiger partial charge on any atom is -0.357 e. The van der Waals surface area contributed by atoms with Crippen LogP contribution in [0.15, 0.2) is 64.6 Å². The number of benzene rings is 1. The zero-order valence-corrected chi connectivity index (χ0v) is 16.1. The molecule has 0 amide bonds. The van der Waals surface area contributed by atoms with Crippen molar-refractivity contribution >= 4 is 23.4 Å². The van der Waals surface area contributed by atoms with Gasteiger partial charge in [0.15, 0.2) is 5.96 Å². The number of pyridine rings is 1. The van der Waals surface area contributed by atoms with Gasteiger partial charge in [-0.15, -0.1) is 11.8 Å². The van der Waals surface area contributed by atoms with Crippen LogP contribution < -0.4 is 10.6 Å². The molecule has 0 aliphatic carbocycles. The summed E-state index contributed by atoms with van der Waals surface area (Å²) in [5.74, 6) is 1.82. The molecule has 0 saturated carbocycles. The molecule has 1 aromatic carbocycles. The maximum absolute atomic E-state index is 4.66. The minimum atomic E-state index is 0.558. The second kappa shape index (κ2) is 9.29. The quantitative estimate of drug-likeness (QED) is 0.290. The normalized spacial score (nSPS) is 11.7. The van der Waals surface area contributed by atoms with E-state index in [1.165, 1.54) is 10.6 Å². The van der Waals surface area contributed by atoms with E-state index in [1.54, 1.807) is 0 Å². The molecule has 0 fully saturated rings. The molecule has 0 aliphatic heterocycles. The number of guanidine groups is 1. The third-order valence-corrected chi connectivity index (χ3v) is 4.91. The molecule has 0 bridgehead atoms. The van der Waals surface area contributed by atoms with Gasteiger partial charge in [0.25, 0.3) is 0 Å². The van der Waals surface area contributed by atoms with Crippen molar-refractivity contribution < 1.29 is 0 Å². The van der Waals surface area contributed by atoms with Crippen LogP contribution in [0.5, 0.6) is 0 Å². The molecule has 26 heavy (non-hydrogen) atoms. The van der Waals surface area contributed by atoms with Crippen LogP contribution in [-0.4, -0.2) is 34.2 Å². The molecule has 5 nitrogen and oxygen atoms in total. The average Bonchev–Trinajstić information content (AvgIpc) is 3.08. The Bertz CT molecular complexity index is 857. The summed E-state index contributed by atoms with van der Waals surface area (Å²) in [5, 5.41) is 6.68. The van der Waals surface area contributed by atoms with E-state index in [2.05, 4.69) is 75.4 Å². The van der Waals surface area contributed by atoms with E-state index in [0.717, 1.165) is 36.1 Å². The highest BCUT2D eigenvalue weighted by Crippen LogP contribution is 2.15. The van der Waals surface area contributed by atoms with E-state index in [1.807, 2.05) is 30.0 Å². The number of hydrogen-bond acceptors (Lipinski definition) is 3. The summed E-state index contributed by atoms with van der Waals surface area (Å²) in [6.45, 7) is 6.40. The Kier molecular flexibility index (Phi) is 6.55. The van der Waals surface area contributed by atoms with Crippen molar-refractivity contribution in [1.29, 1.82) is 0 Å². The summed E-state index contributed by atoms with van der Waals surface area (Å²) >= 11 is 1.84. The van der Waals surface area contributed by atoms with Gasteiger partial charge in [-0.3, -0.25) is 0 Å². The van der Waals surface area contributed by atoms with E-state index in [4.69, 9.17) is 0 Å². The van der Waals surface area contributed by atoms with Gasteiger partial charge in [0.1, 0.15) is 5.65 Å². The fraction of sp³-hybridized carbons (Fsp3) is 0.300. The molecule has 2 N–H and O–H groups in total. The van der Waals surface area contributed by atoms with E-state index in [0.29, 0.717) is 6.54 Å². The van der Waals surface area contributed by atoms with Gasteiger partial charge in [0.2, 0.25) is 0 Å². The van der Waals surface area contributed by atoms with Gasteiger partial charge < -0.3 is 15.0 Å². The Labute approximate surface area is 158 Å². The molecular formula is C20H25N5S. The number of imidazole rings is 1. The Morgan fingerprint density at radius 1 is 1.12 bits per heavy atom. The van der Waals surface area contributed by atoms with Crippen molar-refractivity contribution in [2.45, 2.75) is 25.3 Å². The second-order valence-electron chi connectivity index (χ2n) is 5.91. The highest BCUT2D eigenvalue weighted by Gasteiger charge is 2.03. The Balaban J connectivity index is 1.55. The first-order chi connectivity index (χ1) is 12.8. The summed E-state index contributed by atoms with van der Waals surface area (Å²) < 4.78 is 2.10. The largest absolute Gasteiger partial charge is 0.357 e. The van der Waals surface area contributed by atoms with Gasteiger partial charge in [0, 0.05) is 35.6 Å². The third-order valence-electron chi connectivity index (χ3n) is 3.90. The van der Waals surface area contributed by atoms with E-state index in [-0.39, 0.29) is 0 Å². The maximum atomic E-state index is 4.66. The van der Waals surface area contributed by atoms with E-state index in [9.17, 15) is 0 Å². The average molecular weight is 368 g/mol. The van der Waals surface area contributed by atoms with Crippen LogP contribution in [0.4, 0.5) is 0 Å². The molecule has 0 saturated heterocycles. The number of aryl methyl sites for hydroxylation is 1. The smallest absolute Gasteiger partial charge is 0.191 e. The molecule has 2 heterocycles. The molecule has 0 aliphatic rings. The molecule has 3 rings (SSSR count). The zero-order valence-electron chi connectivity index (χ0n) is 15.3. The first kappa shape index (κ1) is 18.3. The number of hydrogen-bond donors (Lipinski definition) is 2. The van der Waals surface area contributed by atoms with Crippen molar-refractivity contribution in [2.75, 3.05) is 18.8 Å². The van der Waals surface area contributed by atoms with Gasteiger partial charge in [0.05, 0.1) is 12.2 Å². The number of thioether (sulfide) groups is 1. The number of rotatable bonds is 7. The van der Waals surface area contributed by atoms with E-state index >= 15 is 0 Å². The Morgan fingerprint density at radius 3 is 2.73 bits per heavy atom. The van der Waals surface area contributed by atoms with E-state index < -0.39 is 0 Å². The van der Waals surface area contributed by atoms with Gasteiger partial charge in [-0.2, -0.15) is 0 Å². The first-order valence-corrected chi connectivity index (χ1v) is 9.88. The summed E-state index contributed by atoms with van der Waals surface area (Å²) in [5.41, 5.74) is 3.11. The Morgan fingerprint density at radius 2 is 1.96 bits per heavy atom. The molecule has 2 aromatic heterocycles. The lowest BCUT2D eigenvalue weighted by Gasteiger charge is -2.10. The predicted octanol–water partition coefficient (Wildman–Crippen LogP) is 3.49. The highest BCUT2D eigenvalue weighted by atomic mass is 32.2. The van der Waals surface area contributed by atoms with Crippen molar-refractivity contribution in [1.82, 2.24) is 20.0 Å². The van der Waals surface area contributed by atoms with Gasteiger partial charge >= 0.3 is 0 Å². The molecule has 6 heteroatoms. The van der Waals surface area contributed by atoms with Crippen molar-refractivity contribution in [3.05, 3.63) is 66.1 Å². The fourth-order valence-electron chi connectivity index (χ4n) is 2.63. The summed E-state index contributed by atoms with van der Waals surface area (Å²) in [7, 11) is 0. The van der Waals surface area contributed by atoms with Crippen molar-refractivity contribution in [2.24, 2.45) is 4.99 Å². The SMILES string of the molecule is CCNC(=NCc1cn2c(C)cccc2n1)NCCSc1ccccc1. The monoisotopic (exact) mass is 367 g/mol. The van der Waals surface area contributed by atoms with Crippen molar-refractivity contribution in [3.8, 4) is 0 Å².